The zero-order valence-electron chi connectivity index (χ0n) is 14.3. The average molecular weight is 343 g/mol. The van der Waals surface area contributed by atoms with Crippen molar-refractivity contribution in [3.05, 3.63) is 53.5 Å². The quantitative estimate of drug-likeness (QED) is 0.900. The molecule has 25 heavy (non-hydrogen) atoms. The predicted octanol–water partition coefficient (Wildman–Crippen LogP) is 2.01. The number of halogens is 1. The topological polar surface area (TPSA) is 61.4 Å². The summed E-state index contributed by atoms with van der Waals surface area (Å²) >= 11 is 0. The molecule has 1 fully saturated rings. The molecule has 0 bridgehead atoms. The Balaban J connectivity index is 1.57. The normalized spacial score (nSPS) is 15.2. The Kier molecular flexibility index (Phi) is 5.55. The molecule has 0 saturated carbocycles. The number of piperazine rings is 1. The van der Waals surface area contributed by atoms with Crippen molar-refractivity contribution >= 4 is 11.7 Å². The van der Waals surface area contributed by atoms with Crippen LogP contribution in [0.5, 0.6) is 0 Å². The third kappa shape index (κ3) is 4.30. The number of carbonyl (C=O) groups excluding carboxylic acids is 1. The minimum Gasteiger partial charge on any atom is -0.364 e. The second-order valence-corrected chi connectivity index (χ2v) is 5.98. The molecule has 7 heteroatoms. The summed E-state index contributed by atoms with van der Waals surface area (Å²) in [5.74, 6) is 0.153. The van der Waals surface area contributed by atoms with Crippen LogP contribution >= 0.6 is 0 Å². The molecule has 2 aromatic rings. The molecule has 3 rings (SSSR count). The Morgan fingerprint density at radius 1 is 1.12 bits per heavy atom. The minimum absolute atomic E-state index is 0.0936. The van der Waals surface area contributed by atoms with E-state index < -0.39 is 0 Å². The van der Waals surface area contributed by atoms with Crippen molar-refractivity contribution in [2.75, 3.05) is 38.0 Å². The summed E-state index contributed by atoms with van der Waals surface area (Å²) in [7, 11) is 0. The fourth-order valence-electron chi connectivity index (χ4n) is 2.80. The summed E-state index contributed by atoms with van der Waals surface area (Å²) < 4.78 is 13.6. The van der Waals surface area contributed by atoms with Crippen LogP contribution in [0.2, 0.25) is 0 Å². The van der Waals surface area contributed by atoms with Crippen molar-refractivity contribution < 1.29 is 9.18 Å². The van der Waals surface area contributed by atoms with Gasteiger partial charge in [0, 0.05) is 38.3 Å². The first-order valence-electron chi connectivity index (χ1n) is 8.50. The van der Waals surface area contributed by atoms with E-state index in [1.807, 2.05) is 4.90 Å². The fraction of sp³-hybridized carbons (Fsp3) is 0.389. The predicted molar refractivity (Wildman–Crippen MR) is 93.8 cm³/mol. The smallest absolute Gasteiger partial charge is 0.274 e. The second kappa shape index (κ2) is 8.02. The maximum atomic E-state index is 13.6. The van der Waals surface area contributed by atoms with Gasteiger partial charge in [-0.25, -0.2) is 4.39 Å². The molecule has 1 N–H and O–H groups in total. The van der Waals surface area contributed by atoms with Gasteiger partial charge in [0.15, 0.2) is 5.69 Å². The van der Waals surface area contributed by atoms with Crippen LogP contribution in [0.3, 0.4) is 0 Å². The van der Waals surface area contributed by atoms with Gasteiger partial charge in [-0.15, -0.1) is 10.2 Å². The van der Waals surface area contributed by atoms with E-state index in [0.717, 1.165) is 19.6 Å². The van der Waals surface area contributed by atoms with Crippen LogP contribution < -0.4 is 5.32 Å². The molecule has 0 atom stereocenters. The van der Waals surface area contributed by atoms with Crippen LogP contribution in [-0.2, 0) is 6.54 Å². The molecule has 132 valence electrons. The lowest BCUT2D eigenvalue weighted by Crippen LogP contribution is -2.48. The number of anilines is 1. The largest absolute Gasteiger partial charge is 0.364 e. The lowest BCUT2D eigenvalue weighted by molar-refractivity contribution is 0.0636. The van der Waals surface area contributed by atoms with Crippen molar-refractivity contribution in [1.82, 2.24) is 20.0 Å². The molecule has 0 radical (unpaired) electrons. The van der Waals surface area contributed by atoms with Gasteiger partial charge in [0.05, 0.1) is 0 Å². The van der Waals surface area contributed by atoms with E-state index in [-0.39, 0.29) is 11.7 Å². The number of hydrogen-bond donors (Lipinski definition) is 1. The van der Waals surface area contributed by atoms with Gasteiger partial charge in [0.25, 0.3) is 5.91 Å². The maximum Gasteiger partial charge on any atom is 0.274 e. The Labute approximate surface area is 146 Å². The number of rotatable bonds is 5. The molecule has 1 saturated heterocycles. The van der Waals surface area contributed by atoms with Gasteiger partial charge in [-0.2, -0.15) is 0 Å². The zero-order chi connectivity index (χ0) is 17.6. The van der Waals surface area contributed by atoms with E-state index >= 15 is 0 Å². The van der Waals surface area contributed by atoms with E-state index in [4.69, 9.17) is 0 Å². The lowest BCUT2D eigenvalue weighted by Gasteiger charge is -2.33. The van der Waals surface area contributed by atoms with E-state index in [1.165, 1.54) is 6.07 Å². The highest BCUT2D eigenvalue weighted by Gasteiger charge is 2.22. The van der Waals surface area contributed by atoms with Gasteiger partial charge in [0.1, 0.15) is 11.6 Å². The highest BCUT2D eigenvalue weighted by atomic mass is 19.1. The molecular weight excluding hydrogens is 321 g/mol. The molecule has 0 aliphatic carbocycles. The van der Waals surface area contributed by atoms with Gasteiger partial charge in [-0.1, -0.05) is 25.1 Å². The number of likely N-dealkylation sites (N-methyl/N-ethyl adjacent to an activating group) is 1. The number of nitrogens with zero attached hydrogens (tertiary/aromatic N) is 4. The number of hydrogen-bond acceptors (Lipinski definition) is 5. The summed E-state index contributed by atoms with van der Waals surface area (Å²) in [6.45, 7) is 6.63. The molecule has 0 spiro atoms. The van der Waals surface area contributed by atoms with E-state index in [0.29, 0.717) is 36.7 Å². The Hall–Kier alpha value is -2.54. The highest BCUT2D eigenvalue weighted by Crippen LogP contribution is 2.11. The first kappa shape index (κ1) is 17.3. The Bertz CT molecular complexity index is 714. The van der Waals surface area contributed by atoms with Crippen LogP contribution in [0.25, 0.3) is 0 Å². The van der Waals surface area contributed by atoms with Crippen LogP contribution in [-0.4, -0.2) is 58.6 Å². The van der Waals surface area contributed by atoms with Crippen LogP contribution in [0, 0.1) is 5.82 Å². The Morgan fingerprint density at radius 2 is 1.88 bits per heavy atom. The summed E-state index contributed by atoms with van der Waals surface area (Å²) in [6.07, 6.45) is 0. The number of amides is 1. The van der Waals surface area contributed by atoms with Crippen molar-refractivity contribution in [3.8, 4) is 0 Å². The third-order valence-corrected chi connectivity index (χ3v) is 4.41. The van der Waals surface area contributed by atoms with Gasteiger partial charge in [-0.3, -0.25) is 4.79 Å². The monoisotopic (exact) mass is 343 g/mol. The van der Waals surface area contributed by atoms with Crippen molar-refractivity contribution in [1.29, 1.82) is 0 Å². The van der Waals surface area contributed by atoms with Crippen LogP contribution in [0.1, 0.15) is 23.0 Å². The molecule has 2 heterocycles. The summed E-state index contributed by atoms with van der Waals surface area (Å²) in [5, 5.41) is 11.1. The molecular formula is C18H22FN5O. The summed E-state index contributed by atoms with van der Waals surface area (Å²) in [5.41, 5.74) is 0.889. The fourth-order valence-corrected chi connectivity index (χ4v) is 2.80. The molecule has 1 aliphatic heterocycles. The molecule has 0 unspecified atom stereocenters. The second-order valence-electron chi connectivity index (χ2n) is 5.98. The SMILES string of the molecule is CCN1CCN(C(=O)c2ccc(NCc3ccccc3F)nn2)CC1. The molecule has 1 amide bonds. The first-order chi connectivity index (χ1) is 12.2. The molecule has 1 aromatic carbocycles. The number of aromatic nitrogens is 2. The molecule has 1 aromatic heterocycles. The molecule has 1 aliphatic rings. The van der Waals surface area contributed by atoms with Crippen molar-refractivity contribution in [2.24, 2.45) is 0 Å². The highest BCUT2D eigenvalue weighted by molar-refractivity contribution is 5.92. The maximum absolute atomic E-state index is 13.6. The standard InChI is InChI=1S/C18H22FN5O/c1-2-23-9-11-24(12-10-23)18(25)16-7-8-17(22-21-16)20-13-14-5-3-4-6-15(14)19/h3-8H,2,9-13H2,1H3,(H,20,22). The van der Waals surface area contributed by atoms with Gasteiger partial charge in [-0.05, 0) is 24.7 Å². The van der Waals surface area contributed by atoms with Crippen molar-refractivity contribution in [2.45, 2.75) is 13.5 Å². The number of carbonyl (C=O) groups is 1. The average Bonchev–Trinajstić information content (AvgIpc) is 2.67. The number of nitrogens with one attached hydrogen (secondary N) is 1. The lowest BCUT2D eigenvalue weighted by atomic mass is 10.2. The van der Waals surface area contributed by atoms with Crippen molar-refractivity contribution in [3.63, 3.8) is 0 Å². The van der Waals surface area contributed by atoms with E-state index in [1.54, 1.807) is 30.3 Å². The first-order valence-corrected chi connectivity index (χ1v) is 8.50. The van der Waals surface area contributed by atoms with Gasteiger partial charge in [0.2, 0.25) is 0 Å². The van der Waals surface area contributed by atoms with Crippen LogP contribution in [0.4, 0.5) is 10.2 Å². The van der Waals surface area contributed by atoms with Crippen LogP contribution in [0.15, 0.2) is 36.4 Å². The van der Waals surface area contributed by atoms with E-state index in [2.05, 4.69) is 27.3 Å². The third-order valence-electron chi connectivity index (χ3n) is 4.41. The minimum atomic E-state index is -0.263. The summed E-state index contributed by atoms with van der Waals surface area (Å²) in [4.78, 5) is 16.6. The number of benzene rings is 1. The molecule has 6 nitrogen and oxygen atoms in total. The summed E-state index contributed by atoms with van der Waals surface area (Å²) in [6, 6.07) is 9.92. The Morgan fingerprint density at radius 3 is 2.52 bits per heavy atom. The zero-order valence-corrected chi connectivity index (χ0v) is 14.3. The van der Waals surface area contributed by atoms with Gasteiger partial charge < -0.3 is 15.1 Å². The van der Waals surface area contributed by atoms with Gasteiger partial charge >= 0.3 is 0 Å². The van der Waals surface area contributed by atoms with E-state index in [9.17, 15) is 9.18 Å².